The first-order chi connectivity index (χ1) is 9.13. The summed E-state index contributed by atoms with van der Waals surface area (Å²) >= 11 is 0. The monoisotopic (exact) mass is 260 g/mol. The number of carbonyl (C=O) groups is 1. The second-order valence-corrected chi connectivity index (χ2v) is 5.45. The maximum absolute atomic E-state index is 12.7. The summed E-state index contributed by atoms with van der Waals surface area (Å²) in [6.45, 7) is 4.85. The predicted molar refractivity (Wildman–Crippen MR) is 78.9 cm³/mol. The van der Waals surface area contributed by atoms with Crippen LogP contribution in [-0.2, 0) is 4.79 Å². The first kappa shape index (κ1) is 13.9. The third kappa shape index (κ3) is 3.09. The Bertz CT molecular complexity index is 438. The molecule has 2 N–H and O–H groups in total. The number of hydrogen-bond acceptors (Lipinski definition) is 2. The topological polar surface area (TPSA) is 46.3 Å². The van der Waals surface area contributed by atoms with Crippen LogP contribution in [0.15, 0.2) is 24.3 Å². The lowest BCUT2D eigenvalue weighted by molar-refractivity contribution is -0.134. The third-order valence-electron chi connectivity index (χ3n) is 4.17. The van der Waals surface area contributed by atoms with E-state index in [1.165, 1.54) is 12.8 Å². The summed E-state index contributed by atoms with van der Waals surface area (Å²) < 4.78 is 0. The largest absolute Gasteiger partial charge is 0.399 e. The van der Waals surface area contributed by atoms with E-state index < -0.39 is 0 Å². The van der Waals surface area contributed by atoms with Gasteiger partial charge < -0.3 is 10.6 Å². The van der Waals surface area contributed by atoms with Crippen LogP contribution in [0.5, 0.6) is 0 Å². The Hall–Kier alpha value is -1.51. The van der Waals surface area contributed by atoms with Gasteiger partial charge >= 0.3 is 0 Å². The molecule has 1 aromatic carbocycles. The maximum atomic E-state index is 12.7. The second kappa shape index (κ2) is 6.09. The number of nitrogens with zero attached hydrogens (tertiary/aromatic N) is 1. The molecule has 2 rings (SSSR count). The normalized spacial score (nSPS) is 17.4. The van der Waals surface area contributed by atoms with Gasteiger partial charge in [0, 0.05) is 18.3 Å². The molecule has 3 heteroatoms. The molecule has 0 heterocycles. The second-order valence-electron chi connectivity index (χ2n) is 5.45. The fourth-order valence-electron chi connectivity index (χ4n) is 3.03. The van der Waals surface area contributed by atoms with Crippen molar-refractivity contribution in [3.8, 4) is 0 Å². The van der Waals surface area contributed by atoms with Crippen molar-refractivity contribution in [3.05, 3.63) is 29.8 Å². The summed E-state index contributed by atoms with van der Waals surface area (Å²) in [7, 11) is 0. The van der Waals surface area contributed by atoms with E-state index in [1.54, 1.807) is 0 Å². The molecule has 1 aliphatic carbocycles. The minimum absolute atomic E-state index is 0.107. The van der Waals surface area contributed by atoms with Gasteiger partial charge in [0.2, 0.25) is 5.91 Å². The Morgan fingerprint density at radius 2 is 2.11 bits per heavy atom. The van der Waals surface area contributed by atoms with E-state index in [1.807, 2.05) is 31.2 Å². The summed E-state index contributed by atoms with van der Waals surface area (Å²) in [5, 5.41) is 0. The molecule has 0 saturated heterocycles. The van der Waals surface area contributed by atoms with Gasteiger partial charge in [0.15, 0.2) is 0 Å². The summed E-state index contributed by atoms with van der Waals surface area (Å²) in [6.07, 6.45) is 4.81. The average Bonchev–Trinajstić information content (AvgIpc) is 2.92. The first-order valence-electron chi connectivity index (χ1n) is 7.29. The molecule has 19 heavy (non-hydrogen) atoms. The van der Waals surface area contributed by atoms with Crippen LogP contribution in [-0.4, -0.2) is 23.4 Å². The third-order valence-corrected chi connectivity index (χ3v) is 4.17. The fourth-order valence-corrected chi connectivity index (χ4v) is 3.03. The summed E-state index contributed by atoms with van der Waals surface area (Å²) in [6, 6.07) is 8.11. The molecule has 1 saturated carbocycles. The number of hydrogen-bond donors (Lipinski definition) is 1. The van der Waals surface area contributed by atoms with Crippen LogP contribution in [0.1, 0.15) is 51.0 Å². The zero-order valence-electron chi connectivity index (χ0n) is 11.9. The minimum atomic E-state index is -0.107. The van der Waals surface area contributed by atoms with E-state index in [2.05, 4.69) is 11.8 Å². The number of amides is 1. The van der Waals surface area contributed by atoms with E-state index in [9.17, 15) is 4.79 Å². The summed E-state index contributed by atoms with van der Waals surface area (Å²) in [5.74, 6) is 0.129. The molecule has 1 aliphatic rings. The minimum Gasteiger partial charge on any atom is -0.399 e. The van der Waals surface area contributed by atoms with E-state index in [-0.39, 0.29) is 11.8 Å². The predicted octanol–water partition coefficient (Wildman–Crippen LogP) is 3.16. The Kier molecular flexibility index (Phi) is 4.46. The Labute approximate surface area is 115 Å². The van der Waals surface area contributed by atoms with Gasteiger partial charge in [-0.25, -0.2) is 0 Å². The van der Waals surface area contributed by atoms with Crippen LogP contribution in [0, 0.1) is 0 Å². The lowest BCUT2D eigenvalue weighted by atomic mass is 9.98. The zero-order chi connectivity index (χ0) is 13.8. The van der Waals surface area contributed by atoms with Crippen molar-refractivity contribution in [1.82, 2.24) is 4.90 Å². The average molecular weight is 260 g/mol. The molecule has 1 atom stereocenters. The summed E-state index contributed by atoms with van der Waals surface area (Å²) in [4.78, 5) is 14.7. The number of anilines is 1. The van der Waals surface area contributed by atoms with Crippen LogP contribution >= 0.6 is 0 Å². The number of nitrogen functional groups attached to an aromatic ring is 1. The molecule has 1 aromatic rings. The number of rotatable bonds is 4. The number of likely N-dealkylation sites (N-methyl/N-ethyl adjacent to an activating group) is 1. The Morgan fingerprint density at radius 1 is 1.42 bits per heavy atom. The van der Waals surface area contributed by atoms with Crippen molar-refractivity contribution in [1.29, 1.82) is 0 Å². The Morgan fingerprint density at radius 3 is 2.68 bits per heavy atom. The molecule has 1 unspecified atom stereocenters. The molecule has 1 fully saturated rings. The maximum Gasteiger partial charge on any atom is 0.230 e. The highest BCUT2D eigenvalue weighted by Crippen LogP contribution is 2.27. The SMILES string of the molecule is CCN(C(=O)C(C)c1cccc(N)c1)C1CCCC1. The molecule has 0 radical (unpaired) electrons. The van der Waals surface area contributed by atoms with Crippen molar-refractivity contribution in [2.45, 2.75) is 51.5 Å². The van der Waals surface area contributed by atoms with Gasteiger partial charge in [-0.05, 0) is 44.4 Å². The van der Waals surface area contributed by atoms with Gasteiger partial charge in [-0.15, -0.1) is 0 Å². The van der Waals surface area contributed by atoms with Crippen LogP contribution in [0.3, 0.4) is 0 Å². The number of nitrogens with two attached hydrogens (primary N) is 1. The van der Waals surface area contributed by atoms with Gasteiger partial charge in [0.1, 0.15) is 0 Å². The quantitative estimate of drug-likeness (QED) is 0.845. The van der Waals surface area contributed by atoms with Crippen LogP contribution in [0.2, 0.25) is 0 Å². The summed E-state index contributed by atoms with van der Waals surface area (Å²) in [5.41, 5.74) is 7.54. The fraction of sp³-hybridized carbons (Fsp3) is 0.562. The number of carbonyl (C=O) groups excluding carboxylic acids is 1. The molecular formula is C16H24N2O. The van der Waals surface area contributed by atoms with Crippen molar-refractivity contribution in [3.63, 3.8) is 0 Å². The molecule has 0 spiro atoms. The van der Waals surface area contributed by atoms with Crippen molar-refractivity contribution >= 4 is 11.6 Å². The van der Waals surface area contributed by atoms with E-state index in [0.717, 1.165) is 30.6 Å². The van der Waals surface area contributed by atoms with Crippen LogP contribution < -0.4 is 5.73 Å². The standard InChI is InChI=1S/C16H24N2O/c1-3-18(15-9-4-5-10-15)16(19)12(2)13-7-6-8-14(17)11-13/h6-8,11-12,15H,3-5,9-10,17H2,1-2H3. The van der Waals surface area contributed by atoms with Gasteiger partial charge in [-0.3, -0.25) is 4.79 Å². The van der Waals surface area contributed by atoms with Crippen molar-refractivity contribution < 1.29 is 4.79 Å². The van der Waals surface area contributed by atoms with Gasteiger partial charge in [0.25, 0.3) is 0 Å². The van der Waals surface area contributed by atoms with E-state index >= 15 is 0 Å². The zero-order valence-corrected chi connectivity index (χ0v) is 11.9. The highest BCUT2D eigenvalue weighted by atomic mass is 16.2. The molecule has 0 aliphatic heterocycles. The first-order valence-corrected chi connectivity index (χ1v) is 7.29. The van der Waals surface area contributed by atoms with Gasteiger partial charge in [-0.1, -0.05) is 25.0 Å². The highest BCUT2D eigenvalue weighted by molar-refractivity contribution is 5.84. The smallest absolute Gasteiger partial charge is 0.230 e. The molecule has 0 aromatic heterocycles. The van der Waals surface area contributed by atoms with Gasteiger partial charge in [-0.2, -0.15) is 0 Å². The number of benzene rings is 1. The lowest BCUT2D eigenvalue weighted by Crippen LogP contribution is -2.40. The molecule has 3 nitrogen and oxygen atoms in total. The van der Waals surface area contributed by atoms with Crippen LogP contribution in [0.4, 0.5) is 5.69 Å². The Balaban J connectivity index is 2.12. The van der Waals surface area contributed by atoms with E-state index in [4.69, 9.17) is 5.73 Å². The lowest BCUT2D eigenvalue weighted by Gasteiger charge is -2.30. The van der Waals surface area contributed by atoms with Crippen molar-refractivity contribution in [2.75, 3.05) is 12.3 Å². The van der Waals surface area contributed by atoms with Crippen LogP contribution in [0.25, 0.3) is 0 Å². The highest BCUT2D eigenvalue weighted by Gasteiger charge is 2.28. The van der Waals surface area contributed by atoms with Crippen molar-refractivity contribution in [2.24, 2.45) is 0 Å². The molecule has 0 bridgehead atoms. The van der Waals surface area contributed by atoms with Gasteiger partial charge in [0.05, 0.1) is 5.92 Å². The van der Waals surface area contributed by atoms with E-state index in [0.29, 0.717) is 6.04 Å². The molecular weight excluding hydrogens is 236 g/mol. The molecule has 1 amide bonds. The molecule has 104 valence electrons.